The van der Waals surface area contributed by atoms with Crippen LogP contribution in [0.5, 0.6) is 0 Å². The number of thiazole rings is 1. The predicted octanol–water partition coefficient (Wildman–Crippen LogP) is 1.82. The molecule has 1 amide bonds. The molecule has 0 saturated heterocycles. The summed E-state index contributed by atoms with van der Waals surface area (Å²) in [4.78, 5) is 20.1. The van der Waals surface area contributed by atoms with Crippen LogP contribution in [-0.2, 0) is 9.84 Å². The lowest BCUT2D eigenvalue weighted by atomic mass is 10.1. The Morgan fingerprint density at radius 2 is 2.05 bits per heavy atom. The molecule has 1 N–H and O–H groups in total. The van der Waals surface area contributed by atoms with E-state index in [0.29, 0.717) is 17.7 Å². The van der Waals surface area contributed by atoms with E-state index in [4.69, 9.17) is 0 Å². The monoisotopic (exact) mass is 325 g/mol. The van der Waals surface area contributed by atoms with Crippen LogP contribution >= 0.6 is 11.3 Å². The highest BCUT2D eigenvalue weighted by Gasteiger charge is 2.20. The summed E-state index contributed by atoms with van der Waals surface area (Å²) in [5.74, 6) is -0.238. The number of hydrogen-bond donors (Lipinski definition) is 1. The molecule has 2 aromatic heterocycles. The Hall–Kier alpha value is -1.80. The molecule has 0 aromatic carbocycles. The molecule has 2 heterocycles. The zero-order valence-corrected chi connectivity index (χ0v) is 13.2. The van der Waals surface area contributed by atoms with Gasteiger partial charge in [-0.05, 0) is 18.6 Å². The van der Waals surface area contributed by atoms with Crippen molar-refractivity contribution in [3.05, 3.63) is 41.2 Å². The van der Waals surface area contributed by atoms with Crippen molar-refractivity contribution in [2.24, 2.45) is 0 Å². The molecule has 0 saturated carbocycles. The van der Waals surface area contributed by atoms with E-state index in [0.717, 1.165) is 17.6 Å². The number of pyridine rings is 1. The topological polar surface area (TPSA) is 89.0 Å². The maximum atomic E-state index is 12.1. The van der Waals surface area contributed by atoms with Crippen molar-refractivity contribution in [1.29, 1.82) is 0 Å². The highest BCUT2D eigenvalue weighted by Crippen LogP contribution is 2.22. The van der Waals surface area contributed by atoms with Crippen LogP contribution in [0.3, 0.4) is 0 Å². The first kappa shape index (κ1) is 15.6. The van der Waals surface area contributed by atoms with Crippen molar-refractivity contribution in [2.45, 2.75) is 23.7 Å². The lowest BCUT2D eigenvalue weighted by molar-refractivity contribution is 0.0934. The van der Waals surface area contributed by atoms with Gasteiger partial charge in [0.05, 0.1) is 11.7 Å². The summed E-state index contributed by atoms with van der Waals surface area (Å²) in [7, 11) is -3.32. The van der Waals surface area contributed by atoms with E-state index in [2.05, 4.69) is 15.3 Å². The van der Waals surface area contributed by atoms with Crippen molar-refractivity contribution >= 4 is 27.1 Å². The molecule has 2 rings (SSSR count). The number of carbonyl (C=O) groups is 1. The Kier molecular flexibility index (Phi) is 4.69. The summed E-state index contributed by atoms with van der Waals surface area (Å²) >= 11 is 1.06. The second kappa shape index (κ2) is 6.31. The number of nitrogens with one attached hydrogen (secondary N) is 1. The van der Waals surface area contributed by atoms with E-state index >= 15 is 0 Å². The van der Waals surface area contributed by atoms with Gasteiger partial charge in [-0.3, -0.25) is 9.78 Å². The van der Waals surface area contributed by atoms with Crippen molar-refractivity contribution < 1.29 is 13.2 Å². The van der Waals surface area contributed by atoms with E-state index in [-0.39, 0.29) is 16.3 Å². The van der Waals surface area contributed by atoms with Gasteiger partial charge in [0.2, 0.25) is 14.2 Å². The molecule has 8 heteroatoms. The number of amides is 1. The third-order valence-electron chi connectivity index (χ3n) is 2.83. The maximum absolute atomic E-state index is 12.1. The van der Waals surface area contributed by atoms with E-state index in [9.17, 15) is 13.2 Å². The van der Waals surface area contributed by atoms with Crippen LogP contribution in [0.15, 0.2) is 34.2 Å². The fraction of sp³-hybridized carbons (Fsp3) is 0.308. The molecular weight excluding hydrogens is 310 g/mol. The summed E-state index contributed by atoms with van der Waals surface area (Å²) < 4.78 is 23.0. The zero-order valence-electron chi connectivity index (χ0n) is 11.6. The minimum absolute atomic E-state index is 0.0640. The Bertz CT molecular complexity index is 726. The van der Waals surface area contributed by atoms with Gasteiger partial charge in [-0.2, -0.15) is 0 Å². The van der Waals surface area contributed by atoms with E-state index in [1.165, 1.54) is 0 Å². The van der Waals surface area contributed by atoms with Crippen molar-refractivity contribution in [3.63, 3.8) is 0 Å². The minimum atomic E-state index is -3.32. The Labute approximate surface area is 127 Å². The standard InChI is InChI=1S/C13H15N3O3S2/c1-3-10(11-8-20-13(16-11)21(2,18)19)15-12(17)9-4-6-14-7-5-9/h4-8,10H,3H2,1-2H3,(H,15,17)/t10-/m0/s1. The van der Waals surface area contributed by atoms with Crippen molar-refractivity contribution in [1.82, 2.24) is 15.3 Å². The van der Waals surface area contributed by atoms with Crippen LogP contribution in [0, 0.1) is 0 Å². The predicted molar refractivity (Wildman–Crippen MR) is 80.0 cm³/mol. The van der Waals surface area contributed by atoms with Gasteiger partial charge in [0.1, 0.15) is 0 Å². The molecule has 0 bridgehead atoms. The number of nitrogens with zero attached hydrogens (tertiary/aromatic N) is 2. The second-order valence-corrected chi connectivity index (χ2v) is 7.53. The average Bonchev–Trinajstić information content (AvgIpc) is 2.95. The minimum Gasteiger partial charge on any atom is -0.344 e. The third kappa shape index (κ3) is 3.85. The summed E-state index contributed by atoms with van der Waals surface area (Å²) in [6, 6.07) is 2.91. The maximum Gasteiger partial charge on any atom is 0.251 e. The molecule has 0 fully saturated rings. The molecule has 21 heavy (non-hydrogen) atoms. The van der Waals surface area contributed by atoms with Crippen LogP contribution < -0.4 is 5.32 Å². The second-order valence-electron chi connectivity index (χ2n) is 4.48. The smallest absolute Gasteiger partial charge is 0.251 e. The van der Waals surface area contributed by atoms with Gasteiger partial charge in [-0.15, -0.1) is 11.3 Å². The molecule has 0 radical (unpaired) electrons. The first-order valence-electron chi connectivity index (χ1n) is 6.28. The fourth-order valence-corrected chi connectivity index (χ4v) is 3.44. The number of rotatable bonds is 5. The van der Waals surface area contributed by atoms with Gasteiger partial charge in [-0.25, -0.2) is 13.4 Å². The molecule has 2 aromatic rings. The zero-order chi connectivity index (χ0) is 15.5. The SMILES string of the molecule is CC[C@H](NC(=O)c1ccncc1)c1csc(S(C)(=O)=O)n1. The molecule has 0 aliphatic heterocycles. The van der Waals surface area contributed by atoms with Crippen LogP contribution in [0.2, 0.25) is 0 Å². The first-order chi connectivity index (χ1) is 9.91. The van der Waals surface area contributed by atoms with Crippen LogP contribution in [0.4, 0.5) is 0 Å². The molecule has 0 aliphatic carbocycles. The van der Waals surface area contributed by atoms with Gasteiger partial charge in [0, 0.05) is 29.6 Å². The molecule has 0 aliphatic rings. The van der Waals surface area contributed by atoms with E-state index in [1.807, 2.05) is 6.92 Å². The number of carbonyl (C=O) groups excluding carboxylic acids is 1. The van der Waals surface area contributed by atoms with Crippen LogP contribution in [0.25, 0.3) is 0 Å². The fourth-order valence-electron chi connectivity index (χ4n) is 1.73. The summed E-state index contributed by atoms with van der Waals surface area (Å²) in [6.07, 6.45) is 4.82. The molecule has 0 unspecified atom stereocenters. The van der Waals surface area contributed by atoms with Crippen molar-refractivity contribution in [3.8, 4) is 0 Å². The normalized spacial score (nSPS) is 12.9. The Balaban J connectivity index is 2.17. The number of aromatic nitrogens is 2. The summed E-state index contributed by atoms with van der Waals surface area (Å²) in [5, 5.41) is 4.51. The van der Waals surface area contributed by atoms with Gasteiger partial charge >= 0.3 is 0 Å². The Morgan fingerprint density at radius 1 is 1.38 bits per heavy atom. The van der Waals surface area contributed by atoms with Gasteiger partial charge in [0.25, 0.3) is 5.91 Å². The largest absolute Gasteiger partial charge is 0.344 e. The summed E-state index contributed by atoms with van der Waals surface area (Å²) in [6.45, 7) is 1.90. The number of sulfone groups is 1. The van der Waals surface area contributed by atoms with Gasteiger partial charge < -0.3 is 5.32 Å². The molecular formula is C13H15N3O3S2. The quantitative estimate of drug-likeness (QED) is 0.906. The molecule has 0 spiro atoms. The number of hydrogen-bond acceptors (Lipinski definition) is 6. The molecule has 112 valence electrons. The van der Waals surface area contributed by atoms with Gasteiger partial charge in [0.15, 0.2) is 0 Å². The highest BCUT2D eigenvalue weighted by molar-refractivity contribution is 7.92. The van der Waals surface area contributed by atoms with E-state index in [1.54, 1.807) is 29.9 Å². The van der Waals surface area contributed by atoms with Crippen LogP contribution in [-0.4, -0.2) is 30.5 Å². The van der Waals surface area contributed by atoms with Crippen molar-refractivity contribution in [2.75, 3.05) is 6.26 Å². The van der Waals surface area contributed by atoms with E-state index < -0.39 is 9.84 Å². The lowest BCUT2D eigenvalue weighted by Crippen LogP contribution is -2.28. The first-order valence-corrected chi connectivity index (χ1v) is 9.05. The summed E-state index contributed by atoms with van der Waals surface area (Å²) in [5.41, 5.74) is 1.06. The molecule has 6 nitrogen and oxygen atoms in total. The lowest BCUT2D eigenvalue weighted by Gasteiger charge is -2.14. The highest BCUT2D eigenvalue weighted by atomic mass is 32.2. The average molecular weight is 325 g/mol. The Morgan fingerprint density at radius 3 is 2.57 bits per heavy atom. The van der Waals surface area contributed by atoms with Crippen LogP contribution in [0.1, 0.15) is 35.4 Å². The van der Waals surface area contributed by atoms with Gasteiger partial charge in [-0.1, -0.05) is 6.92 Å². The molecule has 1 atom stereocenters. The third-order valence-corrected chi connectivity index (χ3v) is 5.41.